The zero-order valence-electron chi connectivity index (χ0n) is 12.8. The van der Waals surface area contributed by atoms with Gasteiger partial charge in [-0.15, -0.1) is 0 Å². The first-order chi connectivity index (χ1) is 10.9. The summed E-state index contributed by atoms with van der Waals surface area (Å²) >= 11 is 0. The lowest BCUT2D eigenvalue weighted by Crippen LogP contribution is -2.48. The van der Waals surface area contributed by atoms with Crippen molar-refractivity contribution in [3.8, 4) is 5.75 Å². The van der Waals surface area contributed by atoms with Crippen molar-refractivity contribution in [3.63, 3.8) is 0 Å². The maximum Gasteiger partial charge on any atom is 0.119 e. The predicted octanol–water partition coefficient (Wildman–Crippen LogP) is 3.19. The molecule has 2 aromatic carbocycles. The molecule has 1 saturated heterocycles. The largest absolute Gasteiger partial charge is 0.493 e. The molecular formula is C20H21NO. The fourth-order valence-electron chi connectivity index (χ4n) is 4.70. The van der Waals surface area contributed by atoms with Crippen molar-refractivity contribution in [1.29, 1.82) is 0 Å². The van der Waals surface area contributed by atoms with Crippen molar-refractivity contribution in [2.45, 2.75) is 30.6 Å². The Bertz CT molecular complexity index is 738. The van der Waals surface area contributed by atoms with Crippen LogP contribution in [0, 0.1) is 0 Å². The first-order valence-corrected chi connectivity index (χ1v) is 8.42. The lowest BCUT2D eigenvalue weighted by Gasteiger charge is -2.46. The van der Waals surface area contributed by atoms with E-state index in [4.69, 9.17) is 4.74 Å². The lowest BCUT2D eigenvalue weighted by atomic mass is 9.58. The first kappa shape index (κ1) is 12.7. The third kappa shape index (κ3) is 1.65. The average Bonchev–Trinajstić information content (AvgIpc) is 3.15. The van der Waals surface area contributed by atoms with E-state index >= 15 is 0 Å². The molecule has 0 saturated carbocycles. The van der Waals surface area contributed by atoms with Crippen molar-refractivity contribution in [3.05, 3.63) is 64.7 Å². The Morgan fingerprint density at radius 1 is 1.09 bits per heavy atom. The second-order valence-corrected chi connectivity index (χ2v) is 7.00. The molecule has 2 aromatic rings. The smallest absolute Gasteiger partial charge is 0.119 e. The fourth-order valence-corrected chi connectivity index (χ4v) is 4.70. The Morgan fingerprint density at radius 3 is 3.00 bits per heavy atom. The lowest BCUT2D eigenvalue weighted by molar-refractivity contribution is 0.190. The Hall–Kier alpha value is -1.80. The van der Waals surface area contributed by atoms with Crippen molar-refractivity contribution >= 4 is 0 Å². The topological polar surface area (TPSA) is 21.3 Å². The molecule has 112 valence electrons. The third-order valence-electron chi connectivity index (χ3n) is 5.89. The Balaban J connectivity index is 1.40. The number of nitrogens with one attached hydrogen (secondary N) is 1. The van der Waals surface area contributed by atoms with Gasteiger partial charge in [-0.1, -0.05) is 30.3 Å². The van der Waals surface area contributed by atoms with Crippen molar-refractivity contribution in [2.24, 2.45) is 0 Å². The number of aryl methyl sites for hydroxylation is 2. The molecule has 0 unspecified atom stereocenters. The van der Waals surface area contributed by atoms with E-state index in [-0.39, 0.29) is 5.41 Å². The van der Waals surface area contributed by atoms with Gasteiger partial charge < -0.3 is 10.1 Å². The van der Waals surface area contributed by atoms with E-state index in [0.717, 1.165) is 25.4 Å². The predicted molar refractivity (Wildman–Crippen MR) is 87.7 cm³/mol. The standard InChI is InChI=1S/C20H21NO/c1-2-7-18-17(6-1)19-11-21-12-20(18,19)13-22-16-9-8-14-4-3-5-15(14)10-16/h1-2,6-10,19,21H,3-5,11-13H2/t19-,20-/m1/s1. The second-order valence-electron chi connectivity index (χ2n) is 7.00. The van der Waals surface area contributed by atoms with Crippen LogP contribution in [-0.4, -0.2) is 19.7 Å². The van der Waals surface area contributed by atoms with Gasteiger partial charge in [-0.25, -0.2) is 0 Å². The summed E-state index contributed by atoms with van der Waals surface area (Å²) in [5.74, 6) is 1.67. The van der Waals surface area contributed by atoms with Gasteiger partial charge in [0.15, 0.2) is 0 Å². The van der Waals surface area contributed by atoms with Crippen LogP contribution in [0.5, 0.6) is 5.75 Å². The highest BCUT2D eigenvalue weighted by molar-refractivity contribution is 5.53. The molecule has 1 N–H and O–H groups in total. The minimum absolute atomic E-state index is 0.190. The molecule has 2 atom stereocenters. The normalized spacial score (nSPS) is 27.7. The Labute approximate surface area is 131 Å². The molecule has 1 aliphatic heterocycles. The zero-order valence-corrected chi connectivity index (χ0v) is 12.8. The molecule has 3 aliphatic rings. The molecule has 1 heterocycles. The maximum atomic E-state index is 6.26. The van der Waals surface area contributed by atoms with Crippen LogP contribution in [0.15, 0.2) is 42.5 Å². The van der Waals surface area contributed by atoms with Gasteiger partial charge in [0.05, 0.1) is 12.0 Å². The van der Waals surface area contributed by atoms with Crippen LogP contribution in [0.2, 0.25) is 0 Å². The van der Waals surface area contributed by atoms with Crippen LogP contribution in [-0.2, 0) is 18.3 Å². The van der Waals surface area contributed by atoms with E-state index in [1.807, 2.05) is 0 Å². The van der Waals surface area contributed by atoms with Crippen molar-refractivity contribution in [1.82, 2.24) is 5.32 Å². The summed E-state index contributed by atoms with van der Waals surface area (Å²) in [5.41, 5.74) is 6.21. The van der Waals surface area contributed by atoms with Crippen LogP contribution in [0.3, 0.4) is 0 Å². The van der Waals surface area contributed by atoms with Gasteiger partial charge in [-0.2, -0.15) is 0 Å². The van der Waals surface area contributed by atoms with E-state index in [1.165, 1.54) is 41.5 Å². The van der Waals surface area contributed by atoms with Crippen molar-refractivity contribution < 1.29 is 4.74 Å². The number of rotatable bonds is 3. The Morgan fingerprint density at radius 2 is 2.00 bits per heavy atom. The van der Waals surface area contributed by atoms with Gasteiger partial charge >= 0.3 is 0 Å². The quantitative estimate of drug-likeness (QED) is 0.937. The van der Waals surface area contributed by atoms with Crippen LogP contribution in [0.4, 0.5) is 0 Å². The van der Waals surface area contributed by atoms with Gasteiger partial charge in [0.2, 0.25) is 0 Å². The van der Waals surface area contributed by atoms with Crippen molar-refractivity contribution in [2.75, 3.05) is 19.7 Å². The number of hydrogen-bond acceptors (Lipinski definition) is 2. The molecule has 2 aliphatic carbocycles. The van der Waals surface area contributed by atoms with Crippen LogP contribution >= 0.6 is 0 Å². The van der Waals surface area contributed by atoms with Gasteiger partial charge in [0.1, 0.15) is 5.75 Å². The minimum atomic E-state index is 0.190. The van der Waals surface area contributed by atoms with E-state index < -0.39 is 0 Å². The van der Waals surface area contributed by atoms with E-state index in [2.05, 4.69) is 47.8 Å². The van der Waals surface area contributed by atoms with Gasteiger partial charge in [-0.05, 0) is 53.6 Å². The van der Waals surface area contributed by atoms with Gasteiger partial charge in [0, 0.05) is 19.0 Å². The highest BCUT2D eigenvalue weighted by Gasteiger charge is 2.54. The molecule has 0 radical (unpaired) electrons. The molecule has 0 aromatic heterocycles. The highest BCUT2D eigenvalue weighted by Crippen LogP contribution is 2.53. The van der Waals surface area contributed by atoms with Gasteiger partial charge in [-0.3, -0.25) is 0 Å². The van der Waals surface area contributed by atoms with Crippen LogP contribution in [0.25, 0.3) is 0 Å². The molecule has 2 heteroatoms. The monoisotopic (exact) mass is 291 g/mol. The Kier molecular flexibility index (Phi) is 2.66. The molecule has 0 bridgehead atoms. The van der Waals surface area contributed by atoms with Crippen LogP contribution < -0.4 is 10.1 Å². The van der Waals surface area contributed by atoms with Crippen LogP contribution in [0.1, 0.15) is 34.6 Å². The molecule has 5 rings (SSSR count). The number of ether oxygens (including phenoxy) is 1. The number of benzene rings is 2. The summed E-state index contributed by atoms with van der Waals surface area (Å²) < 4.78 is 6.26. The molecular weight excluding hydrogens is 270 g/mol. The summed E-state index contributed by atoms with van der Waals surface area (Å²) in [6, 6.07) is 15.6. The number of fused-ring (bicyclic) bond motifs is 5. The summed E-state index contributed by atoms with van der Waals surface area (Å²) in [4.78, 5) is 0. The number of hydrogen-bond donors (Lipinski definition) is 1. The summed E-state index contributed by atoms with van der Waals surface area (Å²) in [5, 5.41) is 3.57. The zero-order chi connectivity index (χ0) is 14.6. The molecule has 0 amide bonds. The molecule has 2 nitrogen and oxygen atoms in total. The molecule has 22 heavy (non-hydrogen) atoms. The van der Waals surface area contributed by atoms with E-state index in [9.17, 15) is 0 Å². The average molecular weight is 291 g/mol. The summed E-state index contributed by atoms with van der Waals surface area (Å²) in [7, 11) is 0. The second kappa shape index (κ2) is 4.60. The fraction of sp³-hybridized carbons (Fsp3) is 0.400. The SMILES string of the molecule is c1ccc2c(c1)[C@H]1CNC[C@@]21COc1ccc2c(c1)CCC2. The maximum absolute atomic E-state index is 6.26. The van der Waals surface area contributed by atoms with E-state index in [1.54, 1.807) is 0 Å². The summed E-state index contributed by atoms with van der Waals surface area (Å²) in [6.07, 6.45) is 3.74. The summed E-state index contributed by atoms with van der Waals surface area (Å²) in [6.45, 7) is 2.92. The molecule has 0 spiro atoms. The van der Waals surface area contributed by atoms with E-state index in [0.29, 0.717) is 5.92 Å². The minimum Gasteiger partial charge on any atom is -0.493 e. The van der Waals surface area contributed by atoms with Gasteiger partial charge in [0.25, 0.3) is 0 Å². The third-order valence-corrected chi connectivity index (χ3v) is 5.89. The molecule has 1 fully saturated rings. The first-order valence-electron chi connectivity index (χ1n) is 8.42. The highest BCUT2D eigenvalue weighted by atomic mass is 16.5.